The van der Waals surface area contributed by atoms with Crippen molar-refractivity contribution in [2.45, 2.75) is 13.1 Å². The molecule has 0 atom stereocenters. The summed E-state index contributed by atoms with van der Waals surface area (Å²) >= 11 is 0. The van der Waals surface area contributed by atoms with Crippen LogP contribution >= 0.6 is 0 Å². The summed E-state index contributed by atoms with van der Waals surface area (Å²) in [5.41, 5.74) is 11.3. The van der Waals surface area contributed by atoms with E-state index in [2.05, 4.69) is 15.1 Å². The highest BCUT2D eigenvalue weighted by molar-refractivity contribution is 5.96. The quantitative estimate of drug-likeness (QED) is 0.514. The second-order valence-corrected chi connectivity index (χ2v) is 6.57. The van der Waals surface area contributed by atoms with Gasteiger partial charge in [-0.05, 0) is 42.3 Å². The van der Waals surface area contributed by atoms with Crippen LogP contribution in [-0.4, -0.2) is 19.7 Å². The topological polar surface area (TPSA) is 69.6 Å². The van der Waals surface area contributed by atoms with Crippen molar-refractivity contribution in [3.8, 4) is 22.4 Å². The van der Waals surface area contributed by atoms with Gasteiger partial charge in [0.1, 0.15) is 5.69 Å². The molecule has 0 spiro atoms. The predicted octanol–water partition coefficient (Wildman–Crippen LogP) is 4.61. The van der Waals surface area contributed by atoms with Crippen LogP contribution in [0.15, 0.2) is 48.8 Å². The van der Waals surface area contributed by atoms with Gasteiger partial charge in [-0.3, -0.25) is 4.68 Å². The minimum absolute atomic E-state index is 0.499. The van der Waals surface area contributed by atoms with E-state index in [4.69, 9.17) is 5.73 Å². The van der Waals surface area contributed by atoms with E-state index in [0.29, 0.717) is 16.8 Å². The van der Waals surface area contributed by atoms with E-state index in [1.54, 1.807) is 4.68 Å². The van der Waals surface area contributed by atoms with Crippen LogP contribution in [-0.2, 0) is 13.2 Å². The number of benzene rings is 2. The normalized spacial score (nSPS) is 11.9. The maximum absolute atomic E-state index is 12.7. The first-order valence-electron chi connectivity index (χ1n) is 8.47. The van der Waals surface area contributed by atoms with E-state index in [1.165, 1.54) is 12.4 Å². The fraction of sp³-hybridized carbons (Fsp3) is 0.150. The summed E-state index contributed by atoms with van der Waals surface area (Å²) < 4.78 is 39.9. The molecule has 5 nitrogen and oxygen atoms in total. The minimum atomic E-state index is -4.56. The van der Waals surface area contributed by atoms with E-state index in [-0.39, 0.29) is 0 Å². The van der Waals surface area contributed by atoms with Gasteiger partial charge in [0.15, 0.2) is 0 Å². The average molecular weight is 383 g/mol. The SMILES string of the molecule is Cc1cc(N)ccc1-c1nn(C)c2ccc(-c3cnc(C(F)(F)F)nc3)cc12. The van der Waals surface area contributed by atoms with Crippen LogP contribution < -0.4 is 5.73 Å². The number of hydrogen-bond donors (Lipinski definition) is 1. The fourth-order valence-electron chi connectivity index (χ4n) is 3.22. The fourth-order valence-corrected chi connectivity index (χ4v) is 3.22. The predicted molar refractivity (Wildman–Crippen MR) is 101 cm³/mol. The Balaban J connectivity index is 1.85. The van der Waals surface area contributed by atoms with Crippen LogP contribution in [0.1, 0.15) is 11.4 Å². The molecule has 0 saturated carbocycles. The van der Waals surface area contributed by atoms with Gasteiger partial charge < -0.3 is 5.73 Å². The van der Waals surface area contributed by atoms with Gasteiger partial charge in [-0.15, -0.1) is 0 Å². The third kappa shape index (κ3) is 3.06. The lowest BCUT2D eigenvalue weighted by molar-refractivity contribution is -0.144. The van der Waals surface area contributed by atoms with Crippen LogP contribution in [0.25, 0.3) is 33.3 Å². The van der Waals surface area contributed by atoms with Crippen molar-refractivity contribution >= 4 is 16.6 Å². The van der Waals surface area contributed by atoms with Gasteiger partial charge in [-0.1, -0.05) is 12.1 Å². The number of alkyl halides is 3. The summed E-state index contributed by atoms with van der Waals surface area (Å²) in [6.45, 7) is 1.96. The first-order chi connectivity index (χ1) is 13.2. The summed E-state index contributed by atoms with van der Waals surface area (Å²) in [5, 5.41) is 5.51. The Morgan fingerprint density at radius 1 is 0.964 bits per heavy atom. The molecule has 0 unspecified atom stereocenters. The van der Waals surface area contributed by atoms with Crippen molar-refractivity contribution in [3.05, 3.63) is 60.2 Å². The number of nitrogens with zero attached hydrogens (tertiary/aromatic N) is 4. The lowest BCUT2D eigenvalue weighted by atomic mass is 10.00. The third-order valence-corrected chi connectivity index (χ3v) is 4.59. The van der Waals surface area contributed by atoms with E-state index in [1.807, 2.05) is 50.4 Å². The number of rotatable bonds is 2. The smallest absolute Gasteiger partial charge is 0.399 e. The molecule has 0 aliphatic heterocycles. The molecule has 4 rings (SSSR count). The van der Waals surface area contributed by atoms with Crippen LogP contribution in [0.3, 0.4) is 0 Å². The standard InChI is InChI=1S/C20H16F3N5/c1-11-7-14(24)4-5-15(11)18-16-8-12(3-6-17(16)28(2)27-18)13-9-25-19(26-10-13)20(21,22)23/h3-10H,24H2,1-2H3. The van der Waals surface area contributed by atoms with Gasteiger partial charge in [0.2, 0.25) is 5.82 Å². The Morgan fingerprint density at radius 3 is 2.32 bits per heavy atom. The highest BCUT2D eigenvalue weighted by Crippen LogP contribution is 2.34. The number of aromatic nitrogens is 4. The van der Waals surface area contributed by atoms with Gasteiger partial charge in [0.25, 0.3) is 0 Å². The maximum Gasteiger partial charge on any atom is 0.451 e. The first-order valence-corrected chi connectivity index (χ1v) is 8.47. The van der Waals surface area contributed by atoms with Crippen molar-refractivity contribution in [2.24, 2.45) is 7.05 Å². The molecule has 0 radical (unpaired) electrons. The van der Waals surface area contributed by atoms with E-state index in [9.17, 15) is 13.2 Å². The lowest BCUT2D eigenvalue weighted by Crippen LogP contribution is -2.10. The van der Waals surface area contributed by atoms with Crippen LogP contribution in [0, 0.1) is 6.92 Å². The van der Waals surface area contributed by atoms with Crippen molar-refractivity contribution in [1.29, 1.82) is 0 Å². The largest absolute Gasteiger partial charge is 0.451 e. The number of hydrogen-bond acceptors (Lipinski definition) is 4. The van der Waals surface area contributed by atoms with Crippen molar-refractivity contribution in [1.82, 2.24) is 19.7 Å². The van der Waals surface area contributed by atoms with Crippen LogP contribution in [0.2, 0.25) is 0 Å². The van der Waals surface area contributed by atoms with Gasteiger partial charge in [0.05, 0.1) is 5.52 Å². The zero-order chi connectivity index (χ0) is 20.1. The number of nitrogen functional groups attached to an aromatic ring is 1. The van der Waals surface area contributed by atoms with Gasteiger partial charge >= 0.3 is 6.18 Å². The molecule has 0 bridgehead atoms. The van der Waals surface area contributed by atoms with Crippen molar-refractivity contribution in [3.63, 3.8) is 0 Å². The zero-order valence-corrected chi connectivity index (χ0v) is 15.1. The molecule has 2 heterocycles. The molecular weight excluding hydrogens is 367 g/mol. The molecule has 0 amide bonds. The Hall–Kier alpha value is -3.42. The number of anilines is 1. The molecule has 0 saturated heterocycles. The first kappa shape index (κ1) is 18.0. The molecule has 8 heteroatoms. The monoisotopic (exact) mass is 383 g/mol. The van der Waals surface area contributed by atoms with E-state index >= 15 is 0 Å². The minimum Gasteiger partial charge on any atom is -0.399 e. The molecule has 28 heavy (non-hydrogen) atoms. The summed E-state index contributed by atoms with van der Waals surface area (Å²) in [7, 11) is 1.85. The second-order valence-electron chi connectivity index (χ2n) is 6.57. The maximum atomic E-state index is 12.7. The molecule has 2 N–H and O–H groups in total. The highest BCUT2D eigenvalue weighted by atomic mass is 19.4. The number of aryl methyl sites for hydroxylation is 2. The molecule has 0 fully saturated rings. The molecule has 4 aromatic rings. The molecular formula is C20H16F3N5. The lowest BCUT2D eigenvalue weighted by Gasteiger charge is -2.07. The Labute approximate surface area is 158 Å². The Bertz CT molecular complexity index is 1180. The summed E-state index contributed by atoms with van der Waals surface area (Å²) in [5.74, 6) is -1.16. The molecule has 142 valence electrons. The molecule has 2 aromatic heterocycles. The molecule has 2 aromatic carbocycles. The molecule has 0 aliphatic carbocycles. The Kier molecular flexibility index (Phi) is 4.06. The van der Waals surface area contributed by atoms with Gasteiger partial charge in [-0.2, -0.15) is 18.3 Å². The summed E-state index contributed by atoms with van der Waals surface area (Å²) in [6, 6.07) is 11.2. The van der Waals surface area contributed by atoms with E-state index in [0.717, 1.165) is 27.7 Å². The highest BCUT2D eigenvalue weighted by Gasteiger charge is 2.34. The molecule has 0 aliphatic rings. The average Bonchev–Trinajstić information content (AvgIpc) is 2.97. The zero-order valence-electron chi connectivity index (χ0n) is 15.1. The summed E-state index contributed by atoms with van der Waals surface area (Å²) in [6.07, 6.45) is -2.20. The third-order valence-electron chi connectivity index (χ3n) is 4.59. The van der Waals surface area contributed by atoms with Crippen molar-refractivity contribution < 1.29 is 13.2 Å². The van der Waals surface area contributed by atoms with Crippen molar-refractivity contribution in [2.75, 3.05) is 5.73 Å². The summed E-state index contributed by atoms with van der Waals surface area (Å²) in [4.78, 5) is 6.89. The second kappa shape index (κ2) is 6.33. The van der Waals surface area contributed by atoms with E-state index < -0.39 is 12.0 Å². The van der Waals surface area contributed by atoms with Crippen LogP contribution in [0.4, 0.5) is 18.9 Å². The number of halogens is 3. The van der Waals surface area contributed by atoms with Crippen LogP contribution in [0.5, 0.6) is 0 Å². The number of fused-ring (bicyclic) bond motifs is 1. The van der Waals surface area contributed by atoms with Gasteiger partial charge in [-0.25, -0.2) is 9.97 Å². The Morgan fingerprint density at radius 2 is 1.68 bits per heavy atom. The number of nitrogens with two attached hydrogens (primary N) is 1. The van der Waals surface area contributed by atoms with Gasteiger partial charge in [0, 0.05) is 41.6 Å².